The molecule has 1 aromatic rings. The van der Waals surface area contributed by atoms with Gasteiger partial charge in [0.15, 0.2) is 6.29 Å². The van der Waals surface area contributed by atoms with Crippen molar-refractivity contribution in [1.29, 1.82) is 0 Å². The van der Waals surface area contributed by atoms with Gasteiger partial charge in [0.1, 0.15) is 0 Å². The minimum atomic E-state index is 0.573. The van der Waals surface area contributed by atoms with E-state index in [0.717, 1.165) is 24.0 Å². The van der Waals surface area contributed by atoms with Crippen molar-refractivity contribution < 1.29 is 4.79 Å². The Hall–Kier alpha value is -1.12. The molecule has 12 heavy (non-hydrogen) atoms. The van der Waals surface area contributed by atoms with Gasteiger partial charge in [0.05, 0.1) is 17.3 Å². The second-order valence-corrected chi connectivity index (χ2v) is 3.21. The third-order valence-electron chi connectivity index (χ3n) is 2.22. The number of aromatic nitrogens is 2. The van der Waals surface area contributed by atoms with Crippen molar-refractivity contribution in [3.8, 4) is 0 Å². The van der Waals surface area contributed by atoms with Gasteiger partial charge in [-0.15, -0.1) is 0 Å². The highest BCUT2D eigenvalue weighted by Crippen LogP contribution is 2.34. The van der Waals surface area contributed by atoms with Crippen LogP contribution in [0.3, 0.4) is 0 Å². The second kappa shape index (κ2) is 2.73. The zero-order valence-electron chi connectivity index (χ0n) is 7.16. The van der Waals surface area contributed by atoms with Crippen LogP contribution < -0.4 is 0 Å². The van der Waals surface area contributed by atoms with E-state index in [1.165, 1.54) is 12.8 Å². The fourth-order valence-corrected chi connectivity index (χ4v) is 1.34. The first-order valence-electron chi connectivity index (χ1n) is 4.38. The minimum Gasteiger partial charge on any atom is -0.298 e. The summed E-state index contributed by atoms with van der Waals surface area (Å²) in [6.45, 7) is 2.02. The Morgan fingerprint density at radius 1 is 1.75 bits per heavy atom. The molecule has 1 fully saturated rings. The maximum absolute atomic E-state index is 10.6. The van der Waals surface area contributed by atoms with Crippen molar-refractivity contribution in [2.45, 2.75) is 32.2 Å². The summed E-state index contributed by atoms with van der Waals surface area (Å²) in [6.07, 6.45) is 6.02. The first-order chi connectivity index (χ1) is 5.85. The third-order valence-corrected chi connectivity index (χ3v) is 2.22. The summed E-state index contributed by atoms with van der Waals surface area (Å²) in [6, 6.07) is 0.573. The Bertz CT molecular complexity index is 299. The van der Waals surface area contributed by atoms with E-state index in [4.69, 9.17) is 0 Å². The summed E-state index contributed by atoms with van der Waals surface area (Å²) < 4.78 is 1.93. The number of aldehydes is 1. The molecule has 0 amide bonds. The number of carbonyl (C=O) groups excluding carboxylic acids is 1. The summed E-state index contributed by atoms with van der Waals surface area (Å²) in [5.74, 6) is 0. The van der Waals surface area contributed by atoms with Crippen molar-refractivity contribution in [1.82, 2.24) is 9.78 Å². The van der Waals surface area contributed by atoms with Gasteiger partial charge in [0, 0.05) is 6.20 Å². The van der Waals surface area contributed by atoms with Gasteiger partial charge in [-0.05, 0) is 19.3 Å². The van der Waals surface area contributed by atoms with Crippen molar-refractivity contribution in [3.05, 3.63) is 17.5 Å². The molecule has 1 saturated carbocycles. The van der Waals surface area contributed by atoms with Gasteiger partial charge < -0.3 is 0 Å². The molecule has 0 bridgehead atoms. The number of aryl methyl sites for hydroxylation is 1. The van der Waals surface area contributed by atoms with E-state index in [-0.39, 0.29) is 0 Å². The van der Waals surface area contributed by atoms with E-state index in [1.807, 2.05) is 17.8 Å². The number of nitrogens with zero attached hydrogens (tertiary/aromatic N) is 2. The lowest BCUT2D eigenvalue weighted by molar-refractivity contribution is 0.112. The van der Waals surface area contributed by atoms with Crippen LogP contribution in [0.1, 0.15) is 41.9 Å². The van der Waals surface area contributed by atoms with E-state index in [2.05, 4.69) is 5.10 Å². The van der Waals surface area contributed by atoms with E-state index in [9.17, 15) is 4.79 Å². The highest BCUT2D eigenvalue weighted by Gasteiger charge is 2.25. The predicted molar refractivity (Wildman–Crippen MR) is 45.3 cm³/mol. The molecular weight excluding hydrogens is 152 g/mol. The maximum Gasteiger partial charge on any atom is 0.153 e. The normalized spacial score (nSPS) is 16.4. The first-order valence-corrected chi connectivity index (χ1v) is 4.38. The molecule has 0 atom stereocenters. The minimum absolute atomic E-state index is 0.573. The lowest BCUT2D eigenvalue weighted by atomic mass is 10.2. The quantitative estimate of drug-likeness (QED) is 0.636. The van der Waals surface area contributed by atoms with Crippen LogP contribution in [-0.2, 0) is 6.42 Å². The monoisotopic (exact) mass is 164 g/mol. The Labute approximate surface area is 71.4 Å². The Morgan fingerprint density at radius 3 is 2.92 bits per heavy atom. The Kier molecular flexibility index (Phi) is 1.71. The molecule has 2 rings (SSSR count). The Morgan fingerprint density at radius 2 is 2.50 bits per heavy atom. The average Bonchev–Trinajstić information content (AvgIpc) is 2.85. The smallest absolute Gasteiger partial charge is 0.153 e. The van der Waals surface area contributed by atoms with Crippen LogP contribution in [0, 0.1) is 0 Å². The van der Waals surface area contributed by atoms with E-state index in [1.54, 1.807) is 0 Å². The van der Waals surface area contributed by atoms with Gasteiger partial charge in [-0.3, -0.25) is 9.48 Å². The van der Waals surface area contributed by atoms with Gasteiger partial charge in [0.2, 0.25) is 0 Å². The molecule has 1 aromatic heterocycles. The van der Waals surface area contributed by atoms with Crippen LogP contribution in [0.2, 0.25) is 0 Å². The number of hydrogen-bond acceptors (Lipinski definition) is 2. The Balaban J connectivity index is 2.33. The standard InChI is InChI=1S/C9H12N2O/c1-2-9-7(6-12)5-11(10-9)8-3-4-8/h5-6,8H,2-4H2,1H3. The van der Waals surface area contributed by atoms with Gasteiger partial charge in [-0.2, -0.15) is 5.10 Å². The molecule has 3 heteroatoms. The molecule has 0 aromatic carbocycles. The average molecular weight is 164 g/mol. The van der Waals surface area contributed by atoms with Crippen LogP contribution >= 0.6 is 0 Å². The summed E-state index contributed by atoms with van der Waals surface area (Å²) in [5, 5.41) is 4.35. The molecule has 0 N–H and O–H groups in total. The zero-order chi connectivity index (χ0) is 8.55. The largest absolute Gasteiger partial charge is 0.298 e. The van der Waals surface area contributed by atoms with E-state index >= 15 is 0 Å². The molecule has 1 aliphatic carbocycles. The molecule has 0 saturated heterocycles. The molecule has 64 valence electrons. The van der Waals surface area contributed by atoms with Crippen molar-refractivity contribution in [2.24, 2.45) is 0 Å². The lowest BCUT2D eigenvalue weighted by Gasteiger charge is -1.93. The van der Waals surface area contributed by atoms with Crippen LogP contribution in [0.5, 0.6) is 0 Å². The van der Waals surface area contributed by atoms with Crippen LogP contribution in [-0.4, -0.2) is 16.1 Å². The first kappa shape index (κ1) is 7.53. The summed E-state index contributed by atoms with van der Waals surface area (Å²) in [4.78, 5) is 10.6. The molecule has 1 aliphatic rings. The van der Waals surface area contributed by atoms with Gasteiger partial charge in [0.25, 0.3) is 0 Å². The van der Waals surface area contributed by atoms with Crippen LogP contribution in [0.15, 0.2) is 6.20 Å². The number of rotatable bonds is 3. The van der Waals surface area contributed by atoms with Gasteiger partial charge in [-0.1, -0.05) is 6.92 Å². The topological polar surface area (TPSA) is 34.9 Å². The molecule has 0 aliphatic heterocycles. The van der Waals surface area contributed by atoms with E-state index < -0.39 is 0 Å². The van der Waals surface area contributed by atoms with Crippen LogP contribution in [0.25, 0.3) is 0 Å². The molecule has 0 unspecified atom stereocenters. The van der Waals surface area contributed by atoms with Crippen molar-refractivity contribution in [3.63, 3.8) is 0 Å². The molecule has 3 nitrogen and oxygen atoms in total. The number of carbonyl (C=O) groups is 1. The zero-order valence-corrected chi connectivity index (χ0v) is 7.16. The van der Waals surface area contributed by atoms with Crippen molar-refractivity contribution >= 4 is 6.29 Å². The van der Waals surface area contributed by atoms with Crippen molar-refractivity contribution in [2.75, 3.05) is 0 Å². The highest BCUT2D eigenvalue weighted by molar-refractivity contribution is 5.75. The summed E-state index contributed by atoms with van der Waals surface area (Å²) in [5.41, 5.74) is 1.68. The lowest BCUT2D eigenvalue weighted by Crippen LogP contribution is -1.94. The predicted octanol–water partition coefficient (Wildman–Crippen LogP) is 1.59. The maximum atomic E-state index is 10.6. The van der Waals surface area contributed by atoms with Gasteiger partial charge in [-0.25, -0.2) is 0 Å². The SMILES string of the molecule is CCc1nn(C2CC2)cc1C=O. The number of hydrogen-bond donors (Lipinski definition) is 0. The summed E-state index contributed by atoms with van der Waals surface area (Å²) in [7, 11) is 0. The molecular formula is C9H12N2O. The van der Waals surface area contributed by atoms with Gasteiger partial charge >= 0.3 is 0 Å². The van der Waals surface area contributed by atoms with Crippen LogP contribution in [0.4, 0.5) is 0 Å². The highest BCUT2D eigenvalue weighted by atomic mass is 16.1. The molecule has 0 spiro atoms. The second-order valence-electron chi connectivity index (χ2n) is 3.21. The fraction of sp³-hybridized carbons (Fsp3) is 0.556. The van der Waals surface area contributed by atoms with E-state index in [0.29, 0.717) is 6.04 Å². The third kappa shape index (κ3) is 1.15. The molecule has 1 heterocycles. The molecule has 0 radical (unpaired) electrons. The fourth-order valence-electron chi connectivity index (χ4n) is 1.34. The summed E-state index contributed by atoms with van der Waals surface area (Å²) >= 11 is 0.